The first kappa shape index (κ1) is 9.07. The molecule has 5 heteroatoms. The summed E-state index contributed by atoms with van der Waals surface area (Å²) in [6.07, 6.45) is 0.997. The molecule has 1 rings (SSSR count). The molecule has 0 bridgehead atoms. The summed E-state index contributed by atoms with van der Waals surface area (Å²) in [6.45, 7) is 0. The Morgan fingerprint density at radius 1 is 1.40 bits per heavy atom. The van der Waals surface area contributed by atoms with Crippen molar-refractivity contribution in [3.63, 3.8) is 0 Å². The Balaban J connectivity index is 0.000000810. The average Bonchev–Trinajstić information content (AvgIpc) is 1.83. The Kier molecular flexibility index (Phi) is 2.99. The zero-order valence-corrected chi connectivity index (χ0v) is 5.82. The van der Waals surface area contributed by atoms with Crippen LogP contribution in [0.15, 0.2) is 21.5 Å². The first-order valence-corrected chi connectivity index (χ1v) is 2.21. The molecule has 0 atom stereocenters. The van der Waals surface area contributed by atoms with Gasteiger partial charge in [0.1, 0.15) is 0 Å². The van der Waals surface area contributed by atoms with Crippen LogP contribution >= 0.6 is 0 Å². The quantitative estimate of drug-likeness (QED) is 0.558. The fraction of sp³-hybridized carbons (Fsp3) is 0. The van der Waals surface area contributed by atoms with E-state index in [-0.39, 0.29) is 17.1 Å². The van der Waals surface area contributed by atoms with Crippen molar-refractivity contribution in [1.29, 1.82) is 0 Å². The molecule has 10 heavy (non-hydrogen) atoms. The Labute approximate surface area is 66.6 Å². The second-order valence-corrected chi connectivity index (χ2v) is 1.44. The smallest absolute Gasteiger partial charge is 0.382 e. The molecule has 1 aromatic rings. The molecule has 0 radical (unpaired) electrons. The summed E-state index contributed by atoms with van der Waals surface area (Å²) in [7, 11) is 0. The van der Waals surface area contributed by atoms with E-state index in [1.165, 1.54) is 0 Å². The molecule has 0 aliphatic carbocycles. The van der Waals surface area contributed by atoms with Gasteiger partial charge in [0.05, 0.1) is 6.26 Å². The zero-order chi connectivity index (χ0) is 6.85. The van der Waals surface area contributed by atoms with E-state index in [0.29, 0.717) is 0 Å². The minimum atomic E-state index is -0.935. The number of aromatic hydroxyl groups is 2. The number of hydrogen-bond donors (Lipinski definition) is 2. The van der Waals surface area contributed by atoms with Crippen LogP contribution in [0.4, 0.5) is 0 Å². The molecule has 0 aliphatic rings. The fourth-order valence-electron chi connectivity index (χ4n) is 0.400. The molecule has 0 aliphatic heterocycles. The van der Waals surface area contributed by atoms with Crippen LogP contribution in [-0.2, 0) is 17.1 Å². The zero-order valence-electron chi connectivity index (χ0n) is 4.72. The van der Waals surface area contributed by atoms with Crippen LogP contribution in [0.1, 0.15) is 0 Å². The normalized spacial score (nSPS) is 8.40. The third kappa shape index (κ3) is 1.52. The molecule has 0 fully saturated rings. The summed E-state index contributed by atoms with van der Waals surface area (Å²) in [5.74, 6) is -1.22. The monoisotopic (exact) mass is 184 g/mol. The van der Waals surface area contributed by atoms with E-state index in [1.807, 2.05) is 0 Å². The van der Waals surface area contributed by atoms with Crippen molar-refractivity contribution in [2.45, 2.75) is 0 Å². The molecule has 0 saturated carbocycles. The molecule has 0 amide bonds. The van der Waals surface area contributed by atoms with E-state index in [2.05, 4.69) is 4.42 Å². The number of rotatable bonds is 0. The van der Waals surface area contributed by atoms with Crippen LogP contribution in [0, 0.1) is 0 Å². The maximum Gasteiger partial charge on any atom is 0.382 e. The summed E-state index contributed by atoms with van der Waals surface area (Å²) in [4.78, 5) is 10.3. The van der Waals surface area contributed by atoms with E-state index in [0.717, 1.165) is 12.3 Å². The second kappa shape index (κ2) is 3.29. The predicted octanol–water partition coefficient (Wildman–Crippen LogP) is 0.0485. The van der Waals surface area contributed by atoms with Crippen LogP contribution < -0.4 is 5.63 Å². The van der Waals surface area contributed by atoms with Crippen LogP contribution in [0.5, 0.6) is 11.5 Å². The second-order valence-electron chi connectivity index (χ2n) is 1.44. The molecule has 1 heterocycles. The van der Waals surface area contributed by atoms with E-state index in [4.69, 9.17) is 10.2 Å². The minimum Gasteiger partial charge on any atom is -0.504 e. The summed E-state index contributed by atoms with van der Waals surface area (Å²) in [5.41, 5.74) is -0.935. The number of hydrogen-bond acceptors (Lipinski definition) is 4. The van der Waals surface area contributed by atoms with Gasteiger partial charge < -0.3 is 14.6 Å². The van der Waals surface area contributed by atoms with Gasteiger partial charge in [0.15, 0.2) is 5.75 Å². The summed E-state index contributed by atoms with van der Waals surface area (Å²) >= 11 is 0. The van der Waals surface area contributed by atoms with Crippen molar-refractivity contribution >= 4 is 0 Å². The third-order valence-electron chi connectivity index (χ3n) is 0.837. The van der Waals surface area contributed by atoms with Gasteiger partial charge in [0, 0.05) is 23.1 Å². The van der Waals surface area contributed by atoms with Crippen LogP contribution in [0.25, 0.3) is 0 Å². The minimum absolute atomic E-state index is 0. The maximum atomic E-state index is 10.3. The van der Waals surface area contributed by atoms with Gasteiger partial charge in [-0.2, -0.15) is 0 Å². The van der Waals surface area contributed by atoms with Crippen molar-refractivity contribution in [2.75, 3.05) is 0 Å². The molecule has 0 saturated heterocycles. The van der Waals surface area contributed by atoms with Crippen molar-refractivity contribution in [2.24, 2.45) is 0 Å². The molecule has 2 N–H and O–H groups in total. The molecule has 0 unspecified atom stereocenters. The summed E-state index contributed by atoms with van der Waals surface area (Å²) < 4.78 is 4.17. The molecule has 4 nitrogen and oxygen atoms in total. The molecular weight excluding hydrogens is 180 g/mol. The van der Waals surface area contributed by atoms with E-state index >= 15 is 0 Å². The van der Waals surface area contributed by atoms with Gasteiger partial charge in [-0.25, -0.2) is 4.79 Å². The molecule has 56 valence electrons. The summed E-state index contributed by atoms with van der Waals surface area (Å²) in [5, 5.41) is 17.1. The van der Waals surface area contributed by atoms with E-state index < -0.39 is 17.1 Å². The molecule has 0 aromatic carbocycles. The van der Waals surface area contributed by atoms with Crippen molar-refractivity contribution in [1.82, 2.24) is 0 Å². The Hall–Kier alpha value is -0.931. The first-order valence-electron chi connectivity index (χ1n) is 2.21. The Bertz CT molecular complexity index is 267. The van der Waals surface area contributed by atoms with Gasteiger partial charge in [-0.15, -0.1) is 0 Å². The predicted molar refractivity (Wildman–Crippen MR) is 28.3 cm³/mol. The fourth-order valence-corrected chi connectivity index (χ4v) is 0.400. The first-order chi connectivity index (χ1) is 4.22. The van der Waals surface area contributed by atoms with E-state index in [1.54, 1.807) is 0 Å². The summed E-state index contributed by atoms with van der Waals surface area (Å²) in [6, 6.07) is 1.08. The average molecular weight is 184 g/mol. The van der Waals surface area contributed by atoms with Gasteiger partial charge in [-0.05, 0) is 0 Å². The molecular formula is C5H4FeO4. The third-order valence-corrected chi connectivity index (χ3v) is 0.837. The van der Waals surface area contributed by atoms with Crippen molar-refractivity contribution < 1.29 is 31.7 Å². The van der Waals surface area contributed by atoms with Gasteiger partial charge in [0.2, 0.25) is 5.75 Å². The molecule has 1 aromatic heterocycles. The van der Waals surface area contributed by atoms with Crippen molar-refractivity contribution in [3.05, 3.63) is 22.7 Å². The van der Waals surface area contributed by atoms with Crippen molar-refractivity contribution in [3.8, 4) is 11.5 Å². The Morgan fingerprint density at radius 2 is 2.00 bits per heavy atom. The largest absolute Gasteiger partial charge is 0.504 e. The van der Waals surface area contributed by atoms with Gasteiger partial charge in [0.25, 0.3) is 0 Å². The van der Waals surface area contributed by atoms with Crippen LogP contribution in [0.3, 0.4) is 0 Å². The van der Waals surface area contributed by atoms with Gasteiger partial charge >= 0.3 is 5.63 Å². The van der Waals surface area contributed by atoms with Crippen LogP contribution in [-0.4, -0.2) is 10.2 Å². The van der Waals surface area contributed by atoms with Gasteiger partial charge in [-0.1, -0.05) is 0 Å². The topological polar surface area (TPSA) is 70.7 Å². The Morgan fingerprint density at radius 3 is 2.40 bits per heavy atom. The van der Waals surface area contributed by atoms with E-state index in [9.17, 15) is 4.79 Å². The molecule has 0 spiro atoms. The standard InChI is InChI=1S/C5H4O4.Fe/c6-3-1-2-9-5(8)4(3)7;/h1-2,6-7H;. The maximum absolute atomic E-state index is 10.3. The van der Waals surface area contributed by atoms with Gasteiger partial charge in [-0.3, -0.25) is 0 Å². The SMILES string of the molecule is O=c1occc(O)c1O.[Fe]. The van der Waals surface area contributed by atoms with Crippen LogP contribution in [0.2, 0.25) is 0 Å².